The van der Waals surface area contributed by atoms with Crippen LogP contribution in [0, 0.1) is 0 Å². The summed E-state index contributed by atoms with van der Waals surface area (Å²) in [6, 6.07) is 13.9. The third kappa shape index (κ3) is 4.47. The average molecular weight is 454 g/mol. The number of sulfonamides is 1. The fourth-order valence-corrected chi connectivity index (χ4v) is 4.43. The number of hydrogen-bond donors (Lipinski definition) is 2. The van der Waals surface area contributed by atoms with Crippen molar-refractivity contribution in [3.8, 4) is 11.3 Å². The number of nitrogens with zero attached hydrogens (tertiary/aromatic N) is 3. The van der Waals surface area contributed by atoms with Gasteiger partial charge in [0, 0.05) is 43.7 Å². The van der Waals surface area contributed by atoms with E-state index >= 15 is 0 Å². The summed E-state index contributed by atoms with van der Waals surface area (Å²) < 4.78 is 31.9. The van der Waals surface area contributed by atoms with Crippen molar-refractivity contribution < 1.29 is 17.9 Å². The molecule has 2 N–H and O–H groups in total. The van der Waals surface area contributed by atoms with Crippen molar-refractivity contribution in [3.05, 3.63) is 60.3 Å². The van der Waals surface area contributed by atoms with Gasteiger partial charge in [0.25, 0.3) is 0 Å². The first-order valence-electron chi connectivity index (χ1n) is 9.96. The van der Waals surface area contributed by atoms with E-state index in [2.05, 4.69) is 20.0 Å². The second kappa shape index (κ2) is 9.03. The largest absolute Gasteiger partial charge is 0.383 e. The Morgan fingerprint density at radius 3 is 2.62 bits per heavy atom. The van der Waals surface area contributed by atoms with E-state index in [4.69, 9.17) is 4.74 Å². The molecule has 0 spiro atoms. The van der Waals surface area contributed by atoms with Crippen molar-refractivity contribution in [1.29, 1.82) is 0 Å². The van der Waals surface area contributed by atoms with E-state index < -0.39 is 10.0 Å². The molecule has 2 aromatic carbocycles. The summed E-state index contributed by atoms with van der Waals surface area (Å²) in [4.78, 5) is 23.3. The second-order valence-electron chi connectivity index (χ2n) is 7.25. The molecule has 0 bridgehead atoms. The minimum atomic E-state index is -3.61. The van der Waals surface area contributed by atoms with E-state index in [-0.39, 0.29) is 23.8 Å². The Balaban J connectivity index is 1.59. The molecular weight excluding hydrogens is 430 g/mol. The van der Waals surface area contributed by atoms with Crippen LogP contribution >= 0.6 is 0 Å². The van der Waals surface area contributed by atoms with Crippen molar-refractivity contribution in [3.63, 3.8) is 0 Å². The molecule has 3 aromatic rings. The molecule has 0 atom stereocenters. The number of rotatable bonds is 7. The molecule has 166 valence electrons. The first-order valence-corrected chi connectivity index (χ1v) is 11.4. The van der Waals surface area contributed by atoms with Crippen LogP contribution in [0.1, 0.15) is 5.56 Å². The minimum absolute atomic E-state index is 0.0311. The van der Waals surface area contributed by atoms with Gasteiger partial charge in [-0.25, -0.2) is 23.1 Å². The van der Waals surface area contributed by atoms with Gasteiger partial charge in [-0.1, -0.05) is 18.2 Å². The Bertz CT molecular complexity index is 1250. The summed E-state index contributed by atoms with van der Waals surface area (Å²) in [5.41, 5.74) is 3.72. The quantitative estimate of drug-likeness (QED) is 0.528. The number of carbonyl (C=O) groups is 1. The molecule has 0 unspecified atom stereocenters. The highest BCUT2D eigenvalue weighted by atomic mass is 32.2. The van der Waals surface area contributed by atoms with Crippen molar-refractivity contribution in [2.45, 2.75) is 11.3 Å². The maximum atomic E-state index is 12.5. The fourth-order valence-electron chi connectivity index (χ4n) is 3.42. The number of para-hydroxylation sites is 1. The van der Waals surface area contributed by atoms with E-state index in [9.17, 15) is 13.2 Å². The number of aromatic nitrogens is 2. The molecule has 0 fully saturated rings. The Hall–Kier alpha value is -3.34. The smallest absolute Gasteiger partial charge is 0.240 e. The van der Waals surface area contributed by atoms with Crippen LogP contribution in [0.25, 0.3) is 11.3 Å². The molecule has 0 aliphatic carbocycles. The molecule has 10 heteroatoms. The highest BCUT2D eigenvalue weighted by Crippen LogP contribution is 2.35. The lowest BCUT2D eigenvalue weighted by molar-refractivity contribution is -0.117. The van der Waals surface area contributed by atoms with E-state index in [0.717, 1.165) is 16.8 Å². The lowest BCUT2D eigenvalue weighted by Gasteiger charge is -2.16. The van der Waals surface area contributed by atoms with Gasteiger partial charge in [-0.05, 0) is 30.3 Å². The maximum absolute atomic E-state index is 12.5. The van der Waals surface area contributed by atoms with Crippen LogP contribution in [-0.4, -0.2) is 51.6 Å². The standard InChI is InChI=1S/C22H23N5O4S/c1-27-19-6-4-3-5-18(19)21-15(13-20(27)28)14-23-22(26-21)25-16-7-9-17(10-8-16)32(29,30)24-11-12-31-2/h3-10,14,24H,11-13H2,1-2H3,(H,23,25,26). The highest BCUT2D eigenvalue weighted by molar-refractivity contribution is 7.89. The van der Waals surface area contributed by atoms with Gasteiger partial charge in [0.15, 0.2) is 0 Å². The van der Waals surface area contributed by atoms with Crippen LogP contribution in [0.4, 0.5) is 17.3 Å². The molecule has 2 heterocycles. The maximum Gasteiger partial charge on any atom is 0.240 e. The summed E-state index contributed by atoms with van der Waals surface area (Å²) >= 11 is 0. The number of anilines is 3. The summed E-state index contributed by atoms with van der Waals surface area (Å²) in [5, 5.41) is 3.10. The normalized spacial score (nSPS) is 13.3. The number of hydrogen-bond acceptors (Lipinski definition) is 7. The average Bonchev–Trinajstić information content (AvgIpc) is 2.89. The number of ether oxygens (including phenoxy) is 1. The number of carbonyl (C=O) groups excluding carboxylic acids is 1. The Kier molecular flexibility index (Phi) is 6.17. The zero-order valence-electron chi connectivity index (χ0n) is 17.7. The van der Waals surface area contributed by atoms with E-state index in [0.29, 0.717) is 23.9 Å². The first kappa shape index (κ1) is 21.9. The highest BCUT2D eigenvalue weighted by Gasteiger charge is 2.24. The number of benzene rings is 2. The fraction of sp³-hybridized carbons (Fsp3) is 0.227. The van der Waals surface area contributed by atoms with Gasteiger partial charge in [-0.3, -0.25) is 4.79 Å². The van der Waals surface area contributed by atoms with Crippen LogP contribution in [-0.2, 0) is 26.0 Å². The lowest BCUT2D eigenvalue weighted by Crippen LogP contribution is -2.27. The summed E-state index contributed by atoms with van der Waals surface area (Å²) in [5.74, 6) is 0.320. The molecular formula is C22H23N5O4S. The van der Waals surface area contributed by atoms with E-state index in [1.54, 1.807) is 30.3 Å². The molecule has 1 aliphatic rings. The Labute approximate surface area is 186 Å². The lowest BCUT2D eigenvalue weighted by atomic mass is 10.1. The zero-order chi connectivity index (χ0) is 22.7. The van der Waals surface area contributed by atoms with Gasteiger partial charge in [0.05, 0.1) is 29.3 Å². The molecule has 1 aliphatic heterocycles. The molecule has 0 saturated heterocycles. The molecule has 9 nitrogen and oxygen atoms in total. The Morgan fingerprint density at radius 2 is 1.88 bits per heavy atom. The van der Waals surface area contributed by atoms with E-state index in [1.165, 1.54) is 19.2 Å². The summed E-state index contributed by atoms with van der Waals surface area (Å²) in [7, 11) is -0.350. The zero-order valence-corrected chi connectivity index (χ0v) is 18.5. The number of fused-ring (bicyclic) bond motifs is 3. The first-order chi connectivity index (χ1) is 15.4. The minimum Gasteiger partial charge on any atom is -0.383 e. The van der Waals surface area contributed by atoms with Crippen LogP contribution in [0.3, 0.4) is 0 Å². The topological polar surface area (TPSA) is 114 Å². The monoisotopic (exact) mass is 453 g/mol. The number of likely N-dealkylation sites (N-methyl/N-ethyl adjacent to an activating group) is 1. The number of amides is 1. The van der Waals surface area contributed by atoms with Gasteiger partial charge < -0.3 is 15.0 Å². The van der Waals surface area contributed by atoms with Crippen molar-refractivity contribution in [1.82, 2.24) is 14.7 Å². The van der Waals surface area contributed by atoms with E-state index in [1.807, 2.05) is 24.3 Å². The predicted molar refractivity (Wildman–Crippen MR) is 121 cm³/mol. The number of nitrogens with one attached hydrogen (secondary N) is 2. The van der Waals surface area contributed by atoms with Gasteiger partial charge in [-0.15, -0.1) is 0 Å². The van der Waals surface area contributed by atoms with Crippen LogP contribution < -0.4 is 14.9 Å². The molecule has 4 rings (SSSR count). The summed E-state index contributed by atoms with van der Waals surface area (Å²) in [6.07, 6.45) is 1.86. The molecule has 1 aromatic heterocycles. The third-order valence-corrected chi connectivity index (χ3v) is 6.60. The van der Waals surface area contributed by atoms with Crippen molar-refractivity contribution in [2.75, 3.05) is 37.5 Å². The summed E-state index contributed by atoms with van der Waals surface area (Å²) in [6.45, 7) is 0.486. The van der Waals surface area contributed by atoms with Gasteiger partial charge >= 0.3 is 0 Å². The van der Waals surface area contributed by atoms with Crippen molar-refractivity contribution >= 4 is 33.3 Å². The molecule has 0 radical (unpaired) electrons. The van der Waals surface area contributed by atoms with Crippen molar-refractivity contribution in [2.24, 2.45) is 0 Å². The van der Waals surface area contributed by atoms with Gasteiger partial charge in [-0.2, -0.15) is 0 Å². The third-order valence-electron chi connectivity index (χ3n) is 5.12. The molecule has 1 amide bonds. The van der Waals surface area contributed by atoms with Gasteiger partial charge in [0.1, 0.15) is 0 Å². The predicted octanol–water partition coefficient (Wildman–Crippen LogP) is 2.33. The van der Waals surface area contributed by atoms with Gasteiger partial charge in [0.2, 0.25) is 21.9 Å². The second-order valence-corrected chi connectivity index (χ2v) is 9.02. The molecule has 0 saturated carbocycles. The Morgan fingerprint density at radius 1 is 1.12 bits per heavy atom. The van der Waals surface area contributed by atoms with Crippen LogP contribution in [0.5, 0.6) is 0 Å². The van der Waals surface area contributed by atoms with Crippen LogP contribution in [0.15, 0.2) is 59.6 Å². The molecule has 32 heavy (non-hydrogen) atoms. The van der Waals surface area contributed by atoms with Crippen LogP contribution in [0.2, 0.25) is 0 Å². The number of methoxy groups -OCH3 is 1. The SMILES string of the molecule is COCCNS(=O)(=O)c1ccc(Nc2ncc3c(n2)-c2ccccc2N(C)C(=O)C3)cc1.